The number of benzene rings is 1. The number of hydrogen-bond acceptors (Lipinski definition) is 3. The second-order valence-corrected chi connectivity index (χ2v) is 6.04. The van der Waals surface area contributed by atoms with Crippen LogP contribution in [0.5, 0.6) is 0 Å². The molecule has 0 aliphatic carbocycles. The van der Waals surface area contributed by atoms with E-state index in [1.807, 2.05) is 30.3 Å². The largest absolute Gasteiger partial charge is 0.327 e. The fourth-order valence-electron chi connectivity index (χ4n) is 3.70. The molecule has 114 valence electrons. The zero-order valence-electron chi connectivity index (χ0n) is 12.1. The third-order valence-electron chi connectivity index (χ3n) is 4.76. The Morgan fingerprint density at radius 3 is 2.55 bits per heavy atom. The fourth-order valence-corrected chi connectivity index (χ4v) is 3.70. The SMILES string of the molecule is O=C1CC(N2C(=O)C3CCCN3C2=O)CN1c1ccccc1. The van der Waals surface area contributed by atoms with E-state index in [1.165, 1.54) is 4.90 Å². The van der Waals surface area contributed by atoms with E-state index in [0.717, 1.165) is 18.5 Å². The van der Waals surface area contributed by atoms with E-state index in [4.69, 9.17) is 0 Å². The van der Waals surface area contributed by atoms with Gasteiger partial charge in [-0.1, -0.05) is 18.2 Å². The molecule has 2 atom stereocenters. The third-order valence-corrected chi connectivity index (χ3v) is 4.76. The molecule has 4 amide bonds. The summed E-state index contributed by atoms with van der Waals surface area (Å²) in [5.41, 5.74) is 0.814. The fraction of sp³-hybridized carbons (Fsp3) is 0.438. The average molecular weight is 299 g/mol. The minimum Gasteiger partial charge on any atom is -0.312 e. The molecule has 0 aromatic heterocycles. The van der Waals surface area contributed by atoms with E-state index < -0.39 is 0 Å². The Kier molecular flexibility index (Phi) is 2.92. The van der Waals surface area contributed by atoms with Gasteiger partial charge in [-0.3, -0.25) is 14.5 Å². The highest BCUT2D eigenvalue weighted by molar-refractivity contribution is 6.06. The van der Waals surface area contributed by atoms with Gasteiger partial charge in [0, 0.05) is 25.2 Å². The molecule has 3 heterocycles. The Labute approximate surface area is 128 Å². The lowest BCUT2D eigenvalue weighted by atomic mass is 10.2. The molecule has 3 aliphatic heterocycles. The number of carbonyl (C=O) groups excluding carboxylic acids is 3. The highest BCUT2D eigenvalue weighted by Gasteiger charge is 2.52. The molecule has 0 spiro atoms. The second kappa shape index (κ2) is 4.83. The molecule has 0 N–H and O–H groups in total. The number of hydrogen-bond donors (Lipinski definition) is 0. The predicted molar refractivity (Wildman–Crippen MR) is 79.2 cm³/mol. The van der Waals surface area contributed by atoms with Crippen LogP contribution in [0, 0.1) is 0 Å². The number of fused-ring (bicyclic) bond motifs is 1. The average Bonchev–Trinajstić information content (AvgIpc) is 3.19. The topological polar surface area (TPSA) is 60.9 Å². The quantitative estimate of drug-likeness (QED) is 0.771. The van der Waals surface area contributed by atoms with Crippen molar-refractivity contribution in [3.8, 4) is 0 Å². The summed E-state index contributed by atoms with van der Waals surface area (Å²) in [6.45, 7) is 1.04. The van der Waals surface area contributed by atoms with Crippen LogP contribution in [0.4, 0.5) is 10.5 Å². The number of urea groups is 1. The van der Waals surface area contributed by atoms with Gasteiger partial charge in [0.05, 0.1) is 6.04 Å². The van der Waals surface area contributed by atoms with Gasteiger partial charge in [0.15, 0.2) is 0 Å². The van der Waals surface area contributed by atoms with Gasteiger partial charge in [0.1, 0.15) is 6.04 Å². The molecule has 4 rings (SSSR count). The zero-order chi connectivity index (χ0) is 15.3. The normalized spacial score (nSPS) is 28.0. The van der Waals surface area contributed by atoms with E-state index in [9.17, 15) is 14.4 Å². The van der Waals surface area contributed by atoms with E-state index in [-0.39, 0.29) is 36.3 Å². The molecule has 0 bridgehead atoms. The Morgan fingerprint density at radius 2 is 1.82 bits per heavy atom. The van der Waals surface area contributed by atoms with Gasteiger partial charge in [0.25, 0.3) is 5.91 Å². The number of rotatable bonds is 2. The van der Waals surface area contributed by atoms with Crippen molar-refractivity contribution in [2.24, 2.45) is 0 Å². The highest BCUT2D eigenvalue weighted by atomic mass is 16.2. The van der Waals surface area contributed by atoms with Crippen LogP contribution in [0.3, 0.4) is 0 Å². The van der Waals surface area contributed by atoms with Gasteiger partial charge < -0.3 is 9.80 Å². The first-order chi connectivity index (χ1) is 10.7. The van der Waals surface area contributed by atoms with E-state index in [2.05, 4.69) is 0 Å². The molecular weight excluding hydrogens is 282 g/mol. The maximum absolute atomic E-state index is 12.5. The van der Waals surface area contributed by atoms with Crippen molar-refractivity contribution in [3.05, 3.63) is 30.3 Å². The predicted octanol–water partition coefficient (Wildman–Crippen LogP) is 1.22. The monoisotopic (exact) mass is 299 g/mol. The van der Waals surface area contributed by atoms with Gasteiger partial charge >= 0.3 is 6.03 Å². The Bertz CT molecular complexity index is 623. The number of anilines is 1. The summed E-state index contributed by atoms with van der Waals surface area (Å²) in [5.74, 6) is -0.168. The number of para-hydroxylation sites is 1. The molecule has 6 heteroatoms. The molecule has 0 saturated carbocycles. The number of amides is 4. The minimum absolute atomic E-state index is 0.0381. The first kappa shape index (κ1) is 13.3. The van der Waals surface area contributed by atoms with Gasteiger partial charge in [0.2, 0.25) is 5.91 Å². The molecule has 1 aromatic rings. The molecule has 2 unspecified atom stereocenters. The molecule has 1 aromatic carbocycles. The first-order valence-electron chi connectivity index (χ1n) is 7.66. The molecule has 0 radical (unpaired) electrons. The third kappa shape index (κ3) is 1.83. The summed E-state index contributed by atoms with van der Waals surface area (Å²) in [7, 11) is 0. The van der Waals surface area contributed by atoms with Crippen molar-refractivity contribution in [2.75, 3.05) is 18.0 Å². The summed E-state index contributed by atoms with van der Waals surface area (Å²) < 4.78 is 0. The highest BCUT2D eigenvalue weighted by Crippen LogP contribution is 2.32. The first-order valence-corrected chi connectivity index (χ1v) is 7.66. The Hall–Kier alpha value is -2.37. The van der Waals surface area contributed by atoms with Crippen LogP contribution in [-0.4, -0.2) is 52.8 Å². The lowest BCUT2D eigenvalue weighted by molar-refractivity contribution is -0.129. The van der Waals surface area contributed by atoms with Crippen molar-refractivity contribution in [1.82, 2.24) is 9.80 Å². The molecule has 6 nitrogen and oxygen atoms in total. The van der Waals surface area contributed by atoms with Gasteiger partial charge in [-0.15, -0.1) is 0 Å². The van der Waals surface area contributed by atoms with Crippen LogP contribution in [-0.2, 0) is 9.59 Å². The van der Waals surface area contributed by atoms with Crippen LogP contribution in [0.2, 0.25) is 0 Å². The Balaban J connectivity index is 1.57. The van der Waals surface area contributed by atoms with Crippen molar-refractivity contribution in [2.45, 2.75) is 31.3 Å². The van der Waals surface area contributed by atoms with Crippen molar-refractivity contribution in [1.29, 1.82) is 0 Å². The van der Waals surface area contributed by atoms with Gasteiger partial charge in [-0.05, 0) is 25.0 Å². The van der Waals surface area contributed by atoms with Crippen LogP contribution >= 0.6 is 0 Å². The summed E-state index contributed by atoms with van der Waals surface area (Å²) in [5, 5.41) is 0. The number of nitrogens with zero attached hydrogens (tertiary/aromatic N) is 3. The smallest absolute Gasteiger partial charge is 0.312 e. The number of carbonyl (C=O) groups is 3. The summed E-state index contributed by atoms with van der Waals surface area (Å²) in [4.78, 5) is 41.8. The molecule has 22 heavy (non-hydrogen) atoms. The van der Waals surface area contributed by atoms with Crippen LogP contribution < -0.4 is 4.90 Å². The summed E-state index contributed by atoms with van der Waals surface area (Å²) >= 11 is 0. The van der Waals surface area contributed by atoms with Gasteiger partial charge in [-0.25, -0.2) is 4.79 Å². The minimum atomic E-state index is -0.349. The van der Waals surface area contributed by atoms with Gasteiger partial charge in [-0.2, -0.15) is 0 Å². The van der Waals surface area contributed by atoms with Crippen molar-refractivity contribution < 1.29 is 14.4 Å². The van der Waals surface area contributed by atoms with Crippen LogP contribution in [0.1, 0.15) is 19.3 Å². The molecule has 3 fully saturated rings. The van der Waals surface area contributed by atoms with Crippen LogP contribution in [0.25, 0.3) is 0 Å². The summed E-state index contributed by atoms with van der Waals surface area (Å²) in [6.07, 6.45) is 1.84. The molecular formula is C16H17N3O3. The molecule has 3 aliphatic rings. The van der Waals surface area contributed by atoms with E-state index >= 15 is 0 Å². The maximum Gasteiger partial charge on any atom is 0.327 e. The maximum atomic E-state index is 12.5. The van der Waals surface area contributed by atoms with Crippen LogP contribution in [0.15, 0.2) is 30.3 Å². The second-order valence-electron chi connectivity index (χ2n) is 6.04. The lowest BCUT2D eigenvalue weighted by Gasteiger charge is -2.22. The zero-order valence-corrected chi connectivity index (χ0v) is 12.1. The van der Waals surface area contributed by atoms with Crippen molar-refractivity contribution >= 4 is 23.5 Å². The van der Waals surface area contributed by atoms with Crippen molar-refractivity contribution in [3.63, 3.8) is 0 Å². The standard InChI is InChI=1S/C16H17N3O3/c20-14-9-12(10-18(14)11-5-2-1-3-6-11)19-15(21)13-7-4-8-17(13)16(19)22/h1-3,5-6,12-13H,4,7-10H2. The lowest BCUT2D eigenvalue weighted by Crippen LogP contribution is -2.43. The summed E-state index contributed by atoms with van der Waals surface area (Å²) in [6, 6.07) is 8.50. The number of imide groups is 1. The molecule has 3 saturated heterocycles. The van der Waals surface area contributed by atoms with E-state index in [0.29, 0.717) is 13.1 Å². The van der Waals surface area contributed by atoms with E-state index in [1.54, 1.807) is 9.80 Å². The Morgan fingerprint density at radius 1 is 1.05 bits per heavy atom.